The molecule has 0 atom stereocenters. The van der Waals surface area contributed by atoms with Gasteiger partial charge in [0.1, 0.15) is 6.54 Å². The number of para-hydroxylation sites is 2. The fraction of sp³-hybridized carbons (Fsp3) is 0.130. The standard InChI is InChI=1S/C23H20N2O2/c26-22(24-15-14-17-8-2-1-3-9-17)16-25-20-12-6-4-10-18(20)23(27)19-11-5-7-13-21(19)25/h1-13H,14-16H2,(H,24,26). The number of nitrogens with zero attached hydrogens (tertiary/aromatic N) is 1. The van der Waals surface area contributed by atoms with Gasteiger partial charge in [-0.05, 0) is 36.2 Å². The minimum atomic E-state index is -0.0649. The first-order chi connectivity index (χ1) is 13.2. The van der Waals surface area contributed by atoms with E-state index in [2.05, 4.69) is 17.4 Å². The summed E-state index contributed by atoms with van der Waals surface area (Å²) in [6, 6.07) is 25.0. The molecule has 0 spiro atoms. The Hall–Kier alpha value is -3.40. The number of fused-ring (bicyclic) bond motifs is 2. The Bertz CT molecular complexity index is 1100. The Balaban J connectivity index is 1.61. The maximum Gasteiger partial charge on any atom is 0.239 e. The van der Waals surface area contributed by atoms with Crippen LogP contribution in [0.2, 0.25) is 0 Å². The van der Waals surface area contributed by atoms with Crippen molar-refractivity contribution in [3.05, 3.63) is 94.6 Å². The molecule has 0 saturated carbocycles. The first kappa shape index (κ1) is 17.0. The SMILES string of the molecule is O=C(Cn1c2ccccc2c(=O)c2ccccc21)NCCc1ccccc1. The lowest BCUT2D eigenvalue weighted by Crippen LogP contribution is -2.30. The first-order valence-corrected chi connectivity index (χ1v) is 9.05. The molecule has 4 nitrogen and oxygen atoms in total. The van der Waals surface area contributed by atoms with Crippen molar-refractivity contribution in [2.75, 3.05) is 6.54 Å². The van der Waals surface area contributed by atoms with Crippen LogP contribution in [0.15, 0.2) is 83.7 Å². The number of carbonyl (C=O) groups is 1. The quantitative estimate of drug-likeness (QED) is 0.556. The molecular weight excluding hydrogens is 336 g/mol. The smallest absolute Gasteiger partial charge is 0.239 e. The fourth-order valence-corrected chi connectivity index (χ4v) is 3.44. The van der Waals surface area contributed by atoms with Crippen molar-refractivity contribution in [2.45, 2.75) is 13.0 Å². The van der Waals surface area contributed by atoms with Crippen LogP contribution in [0.25, 0.3) is 21.8 Å². The first-order valence-electron chi connectivity index (χ1n) is 9.05. The second kappa shape index (κ2) is 7.46. The number of benzene rings is 3. The zero-order valence-corrected chi connectivity index (χ0v) is 14.9. The van der Waals surface area contributed by atoms with E-state index in [1.54, 1.807) is 0 Å². The summed E-state index contributed by atoms with van der Waals surface area (Å²) < 4.78 is 1.92. The maximum atomic E-state index is 12.7. The highest BCUT2D eigenvalue weighted by Gasteiger charge is 2.12. The summed E-state index contributed by atoms with van der Waals surface area (Å²) >= 11 is 0. The molecule has 0 saturated heterocycles. The molecule has 4 rings (SSSR count). The Morgan fingerprint density at radius 1 is 0.778 bits per heavy atom. The number of hydrogen-bond acceptors (Lipinski definition) is 2. The van der Waals surface area contributed by atoms with Crippen molar-refractivity contribution in [3.63, 3.8) is 0 Å². The van der Waals surface area contributed by atoms with Gasteiger partial charge < -0.3 is 9.88 Å². The van der Waals surface area contributed by atoms with Crippen molar-refractivity contribution in [3.8, 4) is 0 Å². The molecule has 4 aromatic rings. The number of pyridine rings is 1. The molecule has 0 aliphatic rings. The van der Waals surface area contributed by atoms with Crippen molar-refractivity contribution in [1.29, 1.82) is 0 Å². The molecule has 3 aromatic carbocycles. The van der Waals surface area contributed by atoms with Crippen LogP contribution in [0.1, 0.15) is 5.56 Å². The van der Waals surface area contributed by atoms with E-state index in [0.717, 1.165) is 17.5 Å². The predicted octanol–water partition coefficient (Wildman–Crippen LogP) is 3.51. The summed E-state index contributed by atoms with van der Waals surface area (Å²) in [5.74, 6) is -0.0649. The highest BCUT2D eigenvalue weighted by molar-refractivity contribution is 5.94. The van der Waals surface area contributed by atoms with Crippen LogP contribution >= 0.6 is 0 Å². The second-order valence-electron chi connectivity index (χ2n) is 6.54. The van der Waals surface area contributed by atoms with Crippen LogP contribution in [-0.2, 0) is 17.8 Å². The third-order valence-electron chi connectivity index (χ3n) is 4.76. The van der Waals surface area contributed by atoms with Gasteiger partial charge in [0.25, 0.3) is 0 Å². The normalized spacial score (nSPS) is 11.0. The molecule has 1 amide bonds. The summed E-state index contributed by atoms with van der Waals surface area (Å²) in [6.07, 6.45) is 0.790. The fourth-order valence-electron chi connectivity index (χ4n) is 3.44. The van der Waals surface area contributed by atoms with Gasteiger partial charge in [0.2, 0.25) is 5.91 Å². The highest BCUT2D eigenvalue weighted by atomic mass is 16.2. The van der Waals surface area contributed by atoms with Gasteiger partial charge in [-0.3, -0.25) is 9.59 Å². The van der Waals surface area contributed by atoms with Gasteiger partial charge in [0.05, 0.1) is 11.0 Å². The van der Waals surface area contributed by atoms with Crippen LogP contribution in [0.3, 0.4) is 0 Å². The minimum absolute atomic E-state index is 0.00179. The van der Waals surface area contributed by atoms with E-state index in [-0.39, 0.29) is 17.9 Å². The molecule has 0 radical (unpaired) electrons. The van der Waals surface area contributed by atoms with Gasteiger partial charge in [-0.15, -0.1) is 0 Å². The second-order valence-corrected chi connectivity index (χ2v) is 6.54. The summed E-state index contributed by atoms with van der Waals surface area (Å²) in [5.41, 5.74) is 2.75. The number of hydrogen-bond donors (Lipinski definition) is 1. The van der Waals surface area contributed by atoms with Crippen LogP contribution in [0.4, 0.5) is 0 Å². The molecule has 0 unspecified atom stereocenters. The summed E-state index contributed by atoms with van der Waals surface area (Å²) in [5, 5.41) is 4.25. The number of carbonyl (C=O) groups excluding carboxylic acids is 1. The molecule has 0 fully saturated rings. The van der Waals surface area contributed by atoms with Gasteiger partial charge in [-0.2, -0.15) is 0 Å². The molecule has 0 aliphatic carbocycles. The summed E-state index contributed by atoms with van der Waals surface area (Å²) in [4.78, 5) is 25.3. The zero-order valence-electron chi connectivity index (χ0n) is 14.9. The topological polar surface area (TPSA) is 51.1 Å². The minimum Gasteiger partial charge on any atom is -0.354 e. The highest BCUT2D eigenvalue weighted by Crippen LogP contribution is 2.18. The van der Waals surface area contributed by atoms with Gasteiger partial charge in [-0.1, -0.05) is 54.6 Å². The molecule has 1 aromatic heterocycles. The van der Waals surface area contributed by atoms with Crippen molar-refractivity contribution >= 4 is 27.7 Å². The van der Waals surface area contributed by atoms with E-state index in [9.17, 15) is 9.59 Å². The van der Waals surface area contributed by atoms with Gasteiger partial charge in [-0.25, -0.2) is 0 Å². The molecule has 1 heterocycles. The van der Waals surface area contributed by atoms with Gasteiger partial charge >= 0.3 is 0 Å². The number of aromatic nitrogens is 1. The third kappa shape index (κ3) is 3.47. The largest absolute Gasteiger partial charge is 0.354 e. The Morgan fingerprint density at radius 3 is 1.96 bits per heavy atom. The Labute approximate surface area is 157 Å². The van der Waals surface area contributed by atoms with E-state index in [1.807, 2.05) is 71.3 Å². The number of nitrogens with one attached hydrogen (secondary N) is 1. The van der Waals surface area contributed by atoms with Crippen molar-refractivity contribution < 1.29 is 4.79 Å². The third-order valence-corrected chi connectivity index (χ3v) is 4.76. The predicted molar refractivity (Wildman–Crippen MR) is 109 cm³/mol. The molecule has 134 valence electrons. The Kier molecular flexibility index (Phi) is 4.71. The van der Waals surface area contributed by atoms with Gasteiger partial charge in [0.15, 0.2) is 5.43 Å². The molecular formula is C23H20N2O2. The van der Waals surface area contributed by atoms with E-state index < -0.39 is 0 Å². The average molecular weight is 356 g/mol. The van der Waals surface area contributed by atoms with E-state index >= 15 is 0 Å². The van der Waals surface area contributed by atoms with Crippen LogP contribution in [0, 0.1) is 0 Å². The molecule has 27 heavy (non-hydrogen) atoms. The van der Waals surface area contributed by atoms with E-state index in [1.165, 1.54) is 5.56 Å². The van der Waals surface area contributed by atoms with Crippen LogP contribution in [0.5, 0.6) is 0 Å². The lowest BCUT2D eigenvalue weighted by molar-refractivity contribution is -0.121. The van der Waals surface area contributed by atoms with Crippen molar-refractivity contribution in [1.82, 2.24) is 9.88 Å². The summed E-state index contributed by atoms with van der Waals surface area (Å²) in [7, 11) is 0. The number of rotatable bonds is 5. The number of amides is 1. The molecule has 0 aliphatic heterocycles. The van der Waals surface area contributed by atoms with Crippen molar-refractivity contribution in [2.24, 2.45) is 0 Å². The van der Waals surface area contributed by atoms with E-state index in [0.29, 0.717) is 17.3 Å². The van der Waals surface area contributed by atoms with Gasteiger partial charge in [0, 0.05) is 17.3 Å². The van der Waals surface area contributed by atoms with Crippen LogP contribution in [-0.4, -0.2) is 17.0 Å². The molecule has 4 heteroatoms. The lowest BCUT2D eigenvalue weighted by atomic mass is 10.1. The Morgan fingerprint density at radius 2 is 1.33 bits per heavy atom. The maximum absolute atomic E-state index is 12.7. The zero-order chi connectivity index (χ0) is 18.6. The summed E-state index contributed by atoms with van der Waals surface area (Å²) in [6.45, 7) is 0.759. The lowest BCUT2D eigenvalue weighted by Gasteiger charge is -2.15. The molecule has 1 N–H and O–H groups in total. The average Bonchev–Trinajstić information content (AvgIpc) is 2.72. The van der Waals surface area contributed by atoms with Crippen LogP contribution < -0.4 is 10.7 Å². The van der Waals surface area contributed by atoms with E-state index in [4.69, 9.17) is 0 Å². The molecule has 0 bridgehead atoms. The monoisotopic (exact) mass is 356 g/mol.